The molecule has 104 valence electrons. The Bertz CT molecular complexity index is 354. The van der Waals surface area contributed by atoms with Crippen LogP contribution in [0.3, 0.4) is 0 Å². The molecule has 1 saturated heterocycles. The van der Waals surface area contributed by atoms with Crippen LogP contribution in [0.5, 0.6) is 0 Å². The SMILES string of the molecule is CC(C)(C)OC(=O)N1[C@@H](CN)[C@H]2C[C@@H]1C(F)(F)C2. The van der Waals surface area contributed by atoms with E-state index < -0.39 is 23.7 Å². The molecule has 0 aromatic carbocycles. The Morgan fingerprint density at radius 1 is 1.50 bits per heavy atom. The number of hydrogen-bond donors (Lipinski definition) is 1. The van der Waals surface area contributed by atoms with Gasteiger partial charge in [0.15, 0.2) is 0 Å². The molecule has 1 aliphatic heterocycles. The van der Waals surface area contributed by atoms with Crippen LogP contribution in [0.25, 0.3) is 0 Å². The minimum atomic E-state index is -2.81. The number of alkyl halides is 2. The predicted molar refractivity (Wildman–Crippen MR) is 62.4 cm³/mol. The lowest BCUT2D eigenvalue weighted by atomic mass is 9.97. The minimum Gasteiger partial charge on any atom is -0.444 e. The van der Waals surface area contributed by atoms with E-state index in [-0.39, 0.29) is 24.9 Å². The van der Waals surface area contributed by atoms with Crippen molar-refractivity contribution in [3.8, 4) is 0 Å². The number of amides is 1. The molecule has 2 N–H and O–H groups in total. The Morgan fingerprint density at radius 2 is 2.11 bits per heavy atom. The third kappa shape index (κ3) is 2.18. The molecule has 0 unspecified atom stereocenters. The van der Waals surface area contributed by atoms with Gasteiger partial charge in [0.2, 0.25) is 0 Å². The molecule has 18 heavy (non-hydrogen) atoms. The highest BCUT2D eigenvalue weighted by atomic mass is 19.3. The fourth-order valence-corrected chi connectivity index (χ4v) is 2.98. The summed E-state index contributed by atoms with van der Waals surface area (Å²) in [5.41, 5.74) is 4.92. The Morgan fingerprint density at radius 3 is 2.61 bits per heavy atom. The highest BCUT2D eigenvalue weighted by Crippen LogP contribution is 2.51. The summed E-state index contributed by atoms with van der Waals surface area (Å²) < 4.78 is 32.6. The van der Waals surface area contributed by atoms with Gasteiger partial charge in [-0.2, -0.15) is 0 Å². The van der Waals surface area contributed by atoms with E-state index in [0.717, 1.165) is 0 Å². The first-order valence-corrected chi connectivity index (χ1v) is 6.25. The second kappa shape index (κ2) is 4.05. The van der Waals surface area contributed by atoms with E-state index in [1.54, 1.807) is 20.8 Å². The second-order valence-electron chi connectivity index (χ2n) is 6.17. The molecule has 1 aliphatic carbocycles. The number of piperidine rings is 1. The average Bonchev–Trinajstić information content (AvgIpc) is 2.66. The summed E-state index contributed by atoms with van der Waals surface area (Å²) in [6.07, 6.45) is -0.516. The van der Waals surface area contributed by atoms with Crippen molar-refractivity contribution in [2.24, 2.45) is 11.7 Å². The number of halogens is 2. The molecule has 1 amide bonds. The molecule has 4 nitrogen and oxygen atoms in total. The van der Waals surface area contributed by atoms with Gasteiger partial charge in [0.05, 0.1) is 12.1 Å². The normalized spacial score (nSPS) is 33.9. The summed E-state index contributed by atoms with van der Waals surface area (Å²) in [6.45, 7) is 5.36. The Labute approximate surface area is 105 Å². The summed E-state index contributed by atoms with van der Waals surface area (Å²) in [4.78, 5) is 13.2. The standard InChI is InChI=1S/C12H20F2N2O2/c1-11(2,3)18-10(17)16-8(6-15)7-4-9(16)12(13,14)5-7/h7-9H,4-6,15H2,1-3H3/t7-,8-,9+/m0/s1. The topological polar surface area (TPSA) is 55.6 Å². The van der Waals surface area contributed by atoms with Crippen molar-refractivity contribution < 1.29 is 18.3 Å². The van der Waals surface area contributed by atoms with Crippen molar-refractivity contribution in [1.82, 2.24) is 4.90 Å². The first-order valence-electron chi connectivity index (χ1n) is 6.25. The van der Waals surface area contributed by atoms with Crippen molar-refractivity contribution >= 4 is 6.09 Å². The van der Waals surface area contributed by atoms with Gasteiger partial charge in [-0.15, -0.1) is 0 Å². The maximum atomic E-state index is 13.7. The quantitative estimate of drug-likeness (QED) is 0.786. The highest BCUT2D eigenvalue weighted by molar-refractivity contribution is 5.70. The molecule has 1 heterocycles. The van der Waals surface area contributed by atoms with Gasteiger partial charge in [-0.3, -0.25) is 4.90 Å². The number of carbonyl (C=O) groups excluding carboxylic acids is 1. The van der Waals surface area contributed by atoms with Crippen LogP contribution < -0.4 is 5.73 Å². The molecule has 2 aliphatic rings. The van der Waals surface area contributed by atoms with Crippen molar-refractivity contribution in [3.05, 3.63) is 0 Å². The third-order valence-corrected chi connectivity index (χ3v) is 3.63. The molecule has 2 fully saturated rings. The van der Waals surface area contributed by atoms with Gasteiger partial charge in [0.1, 0.15) is 5.60 Å². The first kappa shape index (κ1) is 13.5. The number of ether oxygens (including phenoxy) is 1. The van der Waals surface area contributed by atoms with Crippen LogP contribution in [0.1, 0.15) is 33.6 Å². The predicted octanol–water partition coefficient (Wildman–Crippen LogP) is 1.98. The lowest BCUT2D eigenvalue weighted by Crippen LogP contribution is -2.56. The average molecular weight is 262 g/mol. The number of nitrogens with zero attached hydrogens (tertiary/aromatic N) is 1. The molecule has 0 aromatic rings. The van der Waals surface area contributed by atoms with Crippen LogP contribution in [-0.4, -0.2) is 41.1 Å². The third-order valence-electron chi connectivity index (χ3n) is 3.63. The Hall–Kier alpha value is -0.910. The molecule has 3 atom stereocenters. The highest BCUT2D eigenvalue weighted by Gasteiger charge is 2.62. The molecule has 1 saturated carbocycles. The van der Waals surface area contributed by atoms with Gasteiger partial charge >= 0.3 is 6.09 Å². The Kier molecular flexibility index (Phi) is 3.04. The minimum absolute atomic E-state index is 0.168. The number of rotatable bonds is 1. The monoisotopic (exact) mass is 262 g/mol. The van der Waals surface area contributed by atoms with Crippen molar-refractivity contribution in [2.75, 3.05) is 6.54 Å². The summed E-state index contributed by atoms with van der Waals surface area (Å²) >= 11 is 0. The molecule has 0 radical (unpaired) electrons. The zero-order valence-corrected chi connectivity index (χ0v) is 11.0. The summed E-state index contributed by atoms with van der Waals surface area (Å²) in [5.74, 6) is -3.02. The fraction of sp³-hybridized carbons (Fsp3) is 0.917. The number of likely N-dealkylation sites (tertiary alicyclic amines) is 1. The Balaban J connectivity index is 2.18. The van der Waals surface area contributed by atoms with Crippen LogP contribution >= 0.6 is 0 Å². The van der Waals surface area contributed by atoms with Gasteiger partial charge in [0.25, 0.3) is 5.92 Å². The molecular weight excluding hydrogens is 242 g/mol. The van der Waals surface area contributed by atoms with E-state index in [0.29, 0.717) is 6.42 Å². The van der Waals surface area contributed by atoms with Crippen LogP contribution in [0.15, 0.2) is 0 Å². The van der Waals surface area contributed by atoms with Crippen LogP contribution in [0.4, 0.5) is 13.6 Å². The van der Waals surface area contributed by atoms with Crippen molar-refractivity contribution in [2.45, 2.75) is 57.2 Å². The molecular formula is C12H20F2N2O2. The van der Waals surface area contributed by atoms with Gasteiger partial charge in [-0.1, -0.05) is 0 Å². The van der Waals surface area contributed by atoms with Gasteiger partial charge in [-0.05, 0) is 33.1 Å². The van der Waals surface area contributed by atoms with E-state index in [2.05, 4.69) is 0 Å². The maximum Gasteiger partial charge on any atom is 0.411 e. The molecule has 0 spiro atoms. The molecule has 2 bridgehead atoms. The van der Waals surface area contributed by atoms with Crippen LogP contribution in [-0.2, 0) is 4.74 Å². The van der Waals surface area contributed by atoms with E-state index in [9.17, 15) is 13.6 Å². The summed E-state index contributed by atoms with van der Waals surface area (Å²) in [5, 5.41) is 0. The van der Waals surface area contributed by atoms with Gasteiger partial charge < -0.3 is 10.5 Å². The largest absolute Gasteiger partial charge is 0.444 e. The first-order chi connectivity index (χ1) is 8.15. The van der Waals surface area contributed by atoms with E-state index in [1.807, 2.05) is 0 Å². The summed E-state index contributed by atoms with van der Waals surface area (Å²) in [7, 11) is 0. The van der Waals surface area contributed by atoms with E-state index in [1.165, 1.54) is 4.90 Å². The number of hydrogen-bond acceptors (Lipinski definition) is 3. The van der Waals surface area contributed by atoms with E-state index >= 15 is 0 Å². The summed E-state index contributed by atoms with van der Waals surface area (Å²) in [6, 6.07) is -1.37. The lowest BCUT2D eigenvalue weighted by molar-refractivity contribution is -0.0936. The second-order valence-corrected chi connectivity index (χ2v) is 6.17. The van der Waals surface area contributed by atoms with Crippen molar-refractivity contribution in [1.29, 1.82) is 0 Å². The number of fused-ring (bicyclic) bond motifs is 2. The van der Waals surface area contributed by atoms with Crippen LogP contribution in [0.2, 0.25) is 0 Å². The molecule has 6 heteroatoms. The van der Waals surface area contributed by atoms with Crippen LogP contribution in [0, 0.1) is 5.92 Å². The van der Waals surface area contributed by atoms with Gasteiger partial charge in [-0.25, -0.2) is 13.6 Å². The van der Waals surface area contributed by atoms with Crippen molar-refractivity contribution in [3.63, 3.8) is 0 Å². The fourth-order valence-electron chi connectivity index (χ4n) is 2.98. The van der Waals surface area contributed by atoms with Gasteiger partial charge in [0, 0.05) is 13.0 Å². The maximum absolute atomic E-state index is 13.7. The molecule has 0 aromatic heterocycles. The lowest BCUT2D eigenvalue weighted by Gasteiger charge is -2.39. The number of nitrogens with two attached hydrogens (primary N) is 1. The smallest absolute Gasteiger partial charge is 0.411 e. The number of carbonyl (C=O) groups is 1. The zero-order valence-electron chi connectivity index (χ0n) is 11.0. The van der Waals surface area contributed by atoms with E-state index in [4.69, 9.17) is 10.5 Å². The molecule has 2 rings (SSSR count). The zero-order chi connectivity index (χ0) is 13.7.